The molecule has 1 amide bonds. The van der Waals surface area contributed by atoms with Gasteiger partial charge in [0.15, 0.2) is 4.80 Å². The lowest BCUT2D eigenvalue weighted by atomic mass is 10.0. The topological polar surface area (TPSA) is 34.4 Å². The Bertz CT molecular complexity index is 1280. The molecule has 0 radical (unpaired) electrons. The van der Waals surface area contributed by atoms with Crippen LogP contribution in [0.2, 0.25) is 0 Å². The maximum atomic E-state index is 14.3. The molecule has 0 unspecified atom stereocenters. The van der Waals surface area contributed by atoms with Gasteiger partial charge in [-0.25, -0.2) is 4.39 Å². The van der Waals surface area contributed by atoms with Crippen LogP contribution in [0.4, 0.5) is 4.39 Å². The number of terminal acetylenes is 1. The molecule has 0 aliphatic rings. The molecule has 142 valence electrons. The highest BCUT2D eigenvalue weighted by atomic mass is 32.1. The van der Waals surface area contributed by atoms with E-state index in [1.54, 1.807) is 28.8 Å². The molecule has 0 atom stereocenters. The maximum absolute atomic E-state index is 14.3. The number of amides is 1. The number of carbonyl (C=O) groups excluding carboxylic acids is 1. The molecule has 0 N–H and O–H groups in total. The Morgan fingerprint density at radius 2 is 1.72 bits per heavy atom. The van der Waals surface area contributed by atoms with Crippen LogP contribution in [0.3, 0.4) is 0 Å². The van der Waals surface area contributed by atoms with Gasteiger partial charge in [0.05, 0.1) is 16.8 Å². The Balaban J connectivity index is 1.65. The van der Waals surface area contributed by atoms with Gasteiger partial charge in [-0.1, -0.05) is 65.8 Å². The van der Waals surface area contributed by atoms with Crippen LogP contribution in [0, 0.1) is 18.2 Å². The van der Waals surface area contributed by atoms with E-state index in [1.165, 1.54) is 23.0 Å². The fraction of sp³-hybridized carbons (Fsp3) is 0.0833. The van der Waals surface area contributed by atoms with Gasteiger partial charge in [-0.2, -0.15) is 4.99 Å². The molecule has 4 rings (SSSR count). The van der Waals surface area contributed by atoms with Gasteiger partial charge in [0.1, 0.15) is 5.82 Å². The summed E-state index contributed by atoms with van der Waals surface area (Å²) in [6.07, 6.45) is 6.23. The van der Waals surface area contributed by atoms with E-state index in [1.807, 2.05) is 30.3 Å². The average Bonchev–Trinajstić information content (AvgIpc) is 3.08. The highest BCUT2D eigenvalue weighted by molar-refractivity contribution is 7.16. The summed E-state index contributed by atoms with van der Waals surface area (Å²) < 4.78 is 16.5. The molecule has 0 bridgehead atoms. The quantitative estimate of drug-likeness (QED) is 0.453. The lowest BCUT2D eigenvalue weighted by Crippen LogP contribution is -2.17. The first kappa shape index (κ1) is 18.9. The van der Waals surface area contributed by atoms with E-state index in [4.69, 9.17) is 6.42 Å². The Kier molecular flexibility index (Phi) is 5.37. The fourth-order valence-electron chi connectivity index (χ4n) is 3.16. The second-order valence-corrected chi connectivity index (χ2v) is 7.55. The molecule has 4 aromatic rings. The standard InChI is InChI=1S/C24H17FN2OS/c1-2-15-27-22-20(25)9-6-10-21(22)29-24(27)26-23(28)19-13-11-18(12-14-19)16-17-7-4-3-5-8-17/h1,3-14H,15-16H2. The van der Waals surface area contributed by atoms with Gasteiger partial charge in [-0.15, -0.1) is 6.42 Å². The van der Waals surface area contributed by atoms with E-state index >= 15 is 0 Å². The number of hydrogen-bond acceptors (Lipinski definition) is 2. The van der Waals surface area contributed by atoms with Gasteiger partial charge in [0, 0.05) is 5.56 Å². The van der Waals surface area contributed by atoms with Gasteiger partial charge < -0.3 is 4.57 Å². The highest BCUT2D eigenvalue weighted by Crippen LogP contribution is 2.20. The number of para-hydroxylation sites is 1. The minimum absolute atomic E-state index is 0.142. The van der Waals surface area contributed by atoms with Gasteiger partial charge in [0.25, 0.3) is 5.91 Å². The normalized spacial score (nSPS) is 11.5. The van der Waals surface area contributed by atoms with Crippen molar-refractivity contribution in [3.63, 3.8) is 0 Å². The molecule has 0 spiro atoms. The third-order valence-corrected chi connectivity index (χ3v) is 5.59. The predicted octanol–water partition coefficient (Wildman–Crippen LogP) is 4.81. The number of fused-ring (bicyclic) bond motifs is 1. The van der Waals surface area contributed by atoms with Crippen LogP contribution in [-0.4, -0.2) is 10.5 Å². The van der Waals surface area contributed by atoms with Crippen LogP contribution in [-0.2, 0) is 13.0 Å². The second kappa shape index (κ2) is 8.26. The van der Waals surface area contributed by atoms with Crippen molar-refractivity contribution >= 4 is 27.5 Å². The van der Waals surface area contributed by atoms with Crippen molar-refractivity contribution in [3.8, 4) is 12.3 Å². The molecule has 3 aromatic carbocycles. The van der Waals surface area contributed by atoms with Crippen LogP contribution in [0.5, 0.6) is 0 Å². The fourth-order valence-corrected chi connectivity index (χ4v) is 4.20. The Morgan fingerprint density at radius 3 is 2.45 bits per heavy atom. The number of thiazole rings is 1. The summed E-state index contributed by atoms with van der Waals surface area (Å²) in [5.41, 5.74) is 3.17. The highest BCUT2D eigenvalue weighted by Gasteiger charge is 2.12. The van der Waals surface area contributed by atoms with E-state index in [2.05, 4.69) is 23.0 Å². The number of carbonyl (C=O) groups is 1. The number of rotatable bonds is 4. The first-order valence-corrected chi connectivity index (χ1v) is 9.90. The van der Waals surface area contributed by atoms with Crippen molar-refractivity contribution in [2.45, 2.75) is 13.0 Å². The van der Waals surface area contributed by atoms with Crippen LogP contribution >= 0.6 is 11.3 Å². The molecule has 0 fully saturated rings. The van der Waals surface area contributed by atoms with E-state index in [-0.39, 0.29) is 18.3 Å². The van der Waals surface area contributed by atoms with Crippen LogP contribution < -0.4 is 4.80 Å². The van der Waals surface area contributed by atoms with Crippen molar-refractivity contribution in [2.24, 2.45) is 4.99 Å². The molecule has 0 saturated heterocycles. The molecular formula is C24H17FN2OS. The largest absolute Gasteiger partial charge is 0.302 e. The van der Waals surface area contributed by atoms with Gasteiger partial charge in [0.2, 0.25) is 0 Å². The number of hydrogen-bond donors (Lipinski definition) is 0. The van der Waals surface area contributed by atoms with Crippen LogP contribution in [0.15, 0.2) is 77.8 Å². The third-order valence-electron chi connectivity index (χ3n) is 4.55. The third kappa shape index (κ3) is 4.03. The van der Waals surface area contributed by atoms with Crippen molar-refractivity contribution in [2.75, 3.05) is 0 Å². The average molecular weight is 400 g/mol. The zero-order valence-electron chi connectivity index (χ0n) is 15.5. The number of aromatic nitrogens is 1. The Labute approximate surface area is 171 Å². The smallest absolute Gasteiger partial charge is 0.279 e. The predicted molar refractivity (Wildman–Crippen MR) is 114 cm³/mol. The first-order chi connectivity index (χ1) is 14.2. The molecule has 1 aromatic heterocycles. The van der Waals surface area contributed by atoms with Gasteiger partial charge >= 0.3 is 0 Å². The lowest BCUT2D eigenvalue weighted by molar-refractivity contribution is 0.0998. The monoisotopic (exact) mass is 400 g/mol. The van der Waals surface area contributed by atoms with E-state index in [9.17, 15) is 9.18 Å². The molecule has 0 aliphatic heterocycles. The van der Waals surface area contributed by atoms with E-state index < -0.39 is 0 Å². The summed E-state index contributed by atoms with van der Waals surface area (Å²) in [6, 6.07) is 22.3. The van der Waals surface area contributed by atoms with E-state index in [0.29, 0.717) is 20.6 Å². The summed E-state index contributed by atoms with van der Waals surface area (Å²) in [7, 11) is 0. The minimum Gasteiger partial charge on any atom is -0.302 e. The first-order valence-electron chi connectivity index (χ1n) is 9.09. The molecule has 3 nitrogen and oxygen atoms in total. The summed E-state index contributed by atoms with van der Waals surface area (Å²) in [5, 5.41) is 0. The van der Waals surface area contributed by atoms with Crippen LogP contribution in [0.1, 0.15) is 21.5 Å². The number of halogens is 1. The summed E-state index contributed by atoms with van der Waals surface area (Å²) >= 11 is 1.25. The molecule has 0 aliphatic carbocycles. The van der Waals surface area contributed by atoms with Crippen molar-refractivity contribution in [1.82, 2.24) is 4.57 Å². The summed E-state index contributed by atoms with van der Waals surface area (Å²) in [5.74, 6) is 1.74. The lowest BCUT2D eigenvalue weighted by Gasteiger charge is -2.03. The van der Waals surface area contributed by atoms with Crippen molar-refractivity contribution < 1.29 is 9.18 Å². The SMILES string of the molecule is C#CCn1c(=NC(=O)c2ccc(Cc3ccccc3)cc2)sc2cccc(F)c21. The molecular weight excluding hydrogens is 383 g/mol. The number of nitrogens with zero attached hydrogens (tertiary/aromatic N) is 2. The molecule has 0 saturated carbocycles. The molecule has 29 heavy (non-hydrogen) atoms. The Morgan fingerprint density at radius 1 is 1.00 bits per heavy atom. The van der Waals surface area contributed by atoms with Crippen LogP contribution in [0.25, 0.3) is 10.2 Å². The summed E-state index contributed by atoms with van der Waals surface area (Å²) in [6.45, 7) is 0.142. The zero-order valence-corrected chi connectivity index (χ0v) is 16.3. The number of benzene rings is 3. The minimum atomic E-state index is -0.381. The van der Waals surface area contributed by atoms with Gasteiger partial charge in [-0.3, -0.25) is 4.79 Å². The maximum Gasteiger partial charge on any atom is 0.279 e. The Hall–Kier alpha value is -3.49. The zero-order chi connectivity index (χ0) is 20.2. The van der Waals surface area contributed by atoms with E-state index in [0.717, 1.165) is 12.0 Å². The summed E-state index contributed by atoms with van der Waals surface area (Å²) in [4.78, 5) is 17.3. The van der Waals surface area contributed by atoms with Crippen molar-refractivity contribution in [3.05, 3.63) is 100 Å². The molecule has 1 heterocycles. The molecule has 5 heteroatoms. The van der Waals surface area contributed by atoms with Crippen molar-refractivity contribution in [1.29, 1.82) is 0 Å². The second-order valence-electron chi connectivity index (χ2n) is 6.54. The van der Waals surface area contributed by atoms with Gasteiger partial charge in [-0.05, 0) is 41.8 Å².